The highest BCUT2D eigenvalue weighted by atomic mass is 16.6. The standard InChI is InChI=1S/C22H31N3O5/c1-5-25(21(28)30-22(2,3)4)13-12-23-10-6-14-29-16-7-8-19-18(15-16)17(20(26)27)9-11-24-19/h7-9,11,15,23H,5-6,10,12-14H2,1-4H3,(H,26,27). The molecular weight excluding hydrogens is 386 g/mol. The molecular formula is C22H31N3O5. The molecule has 0 aliphatic rings. The van der Waals surface area contributed by atoms with E-state index in [1.54, 1.807) is 23.1 Å². The normalized spacial score (nSPS) is 11.3. The summed E-state index contributed by atoms with van der Waals surface area (Å²) < 4.78 is 11.1. The van der Waals surface area contributed by atoms with Crippen molar-refractivity contribution in [2.45, 2.75) is 39.7 Å². The number of ether oxygens (including phenoxy) is 2. The number of fused-ring (bicyclic) bond motifs is 1. The van der Waals surface area contributed by atoms with Crippen molar-refractivity contribution in [3.8, 4) is 5.75 Å². The van der Waals surface area contributed by atoms with Gasteiger partial charge in [0, 0.05) is 31.2 Å². The molecule has 1 aromatic carbocycles. The molecule has 0 atom stereocenters. The highest BCUT2D eigenvalue weighted by Gasteiger charge is 2.20. The van der Waals surface area contributed by atoms with Crippen LogP contribution in [0.5, 0.6) is 5.75 Å². The minimum Gasteiger partial charge on any atom is -0.494 e. The van der Waals surface area contributed by atoms with Gasteiger partial charge in [-0.15, -0.1) is 0 Å². The molecule has 1 aromatic heterocycles. The first-order chi connectivity index (χ1) is 14.2. The third kappa shape index (κ3) is 7.18. The third-order valence-corrected chi connectivity index (χ3v) is 4.30. The van der Waals surface area contributed by atoms with E-state index in [4.69, 9.17) is 9.47 Å². The van der Waals surface area contributed by atoms with Gasteiger partial charge in [-0.3, -0.25) is 4.98 Å². The number of carbonyl (C=O) groups excluding carboxylic acids is 1. The summed E-state index contributed by atoms with van der Waals surface area (Å²) in [5.74, 6) is -0.378. The molecule has 0 aliphatic carbocycles. The molecule has 0 bridgehead atoms. The topological polar surface area (TPSA) is 101 Å². The zero-order valence-electron chi connectivity index (χ0n) is 18.1. The summed E-state index contributed by atoms with van der Waals surface area (Å²) >= 11 is 0. The van der Waals surface area contributed by atoms with E-state index in [9.17, 15) is 14.7 Å². The lowest BCUT2D eigenvalue weighted by atomic mass is 10.1. The predicted molar refractivity (Wildman–Crippen MR) is 115 cm³/mol. The van der Waals surface area contributed by atoms with Crippen molar-refractivity contribution in [1.82, 2.24) is 15.2 Å². The van der Waals surface area contributed by atoms with Crippen LogP contribution >= 0.6 is 0 Å². The molecule has 2 N–H and O–H groups in total. The number of benzene rings is 1. The van der Waals surface area contributed by atoms with E-state index >= 15 is 0 Å². The molecule has 30 heavy (non-hydrogen) atoms. The van der Waals surface area contributed by atoms with Gasteiger partial charge in [-0.05, 0) is 64.9 Å². The van der Waals surface area contributed by atoms with Crippen molar-refractivity contribution in [3.05, 3.63) is 36.0 Å². The number of carbonyl (C=O) groups is 2. The van der Waals surface area contributed by atoms with Gasteiger partial charge < -0.3 is 24.8 Å². The first-order valence-corrected chi connectivity index (χ1v) is 10.1. The Kier molecular flexibility index (Phi) is 8.41. The van der Waals surface area contributed by atoms with Crippen molar-refractivity contribution in [1.29, 1.82) is 0 Å². The number of rotatable bonds is 10. The zero-order chi connectivity index (χ0) is 22.1. The average molecular weight is 418 g/mol. The second kappa shape index (κ2) is 10.8. The van der Waals surface area contributed by atoms with Gasteiger partial charge >= 0.3 is 12.1 Å². The monoisotopic (exact) mass is 417 g/mol. The Bertz CT molecular complexity index is 863. The first kappa shape index (κ1) is 23.4. The molecule has 2 rings (SSSR count). The van der Waals surface area contributed by atoms with Crippen LogP contribution in [0.25, 0.3) is 10.9 Å². The van der Waals surface area contributed by atoms with Gasteiger partial charge in [0.2, 0.25) is 0 Å². The van der Waals surface area contributed by atoms with Crippen molar-refractivity contribution in [3.63, 3.8) is 0 Å². The molecule has 2 aromatic rings. The molecule has 1 heterocycles. The fraction of sp³-hybridized carbons (Fsp3) is 0.500. The number of amides is 1. The number of carboxylic acids is 1. The molecule has 0 spiro atoms. The van der Waals surface area contributed by atoms with E-state index in [1.165, 1.54) is 12.3 Å². The maximum Gasteiger partial charge on any atom is 0.410 e. The summed E-state index contributed by atoms with van der Waals surface area (Å²) in [4.78, 5) is 29.3. The van der Waals surface area contributed by atoms with Crippen LogP contribution in [0.4, 0.5) is 4.79 Å². The molecule has 0 saturated carbocycles. The summed E-state index contributed by atoms with van der Waals surface area (Å²) in [5.41, 5.74) is 0.325. The number of nitrogens with zero attached hydrogens (tertiary/aromatic N) is 2. The van der Waals surface area contributed by atoms with Crippen LogP contribution in [-0.4, -0.2) is 65.4 Å². The van der Waals surface area contributed by atoms with Gasteiger partial charge in [0.15, 0.2) is 0 Å². The second-order valence-corrected chi connectivity index (χ2v) is 7.85. The number of nitrogens with one attached hydrogen (secondary N) is 1. The van der Waals surface area contributed by atoms with Gasteiger partial charge in [0.25, 0.3) is 0 Å². The van der Waals surface area contributed by atoms with E-state index in [2.05, 4.69) is 10.3 Å². The number of aromatic nitrogens is 1. The Hall–Kier alpha value is -2.87. The molecule has 8 nitrogen and oxygen atoms in total. The molecule has 0 aliphatic heterocycles. The van der Waals surface area contributed by atoms with Crippen molar-refractivity contribution < 1.29 is 24.2 Å². The van der Waals surface area contributed by atoms with Crippen molar-refractivity contribution in [2.75, 3.05) is 32.8 Å². The van der Waals surface area contributed by atoms with Crippen LogP contribution in [0.2, 0.25) is 0 Å². The molecule has 0 saturated heterocycles. The Morgan fingerprint density at radius 2 is 1.97 bits per heavy atom. The maximum absolute atomic E-state index is 12.1. The van der Waals surface area contributed by atoms with Crippen LogP contribution in [0.3, 0.4) is 0 Å². The SMILES string of the molecule is CCN(CCNCCCOc1ccc2nccc(C(=O)O)c2c1)C(=O)OC(C)(C)C. The van der Waals surface area contributed by atoms with Crippen LogP contribution in [-0.2, 0) is 4.74 Å². The van der Waals surface area contributed by atoms with Crippen LogP contribution < -0.4 is 10.1 Å². The third-order valence-electron chi connectivity index (χ3n) is 4.30. The number of aromatic carboxylic acids is 1. The smallest absolute Gasteiger partial charge is 0.410 e. The highest BCUT2D eigenvalue weighted by molar-refractivity contribution is 6.02. The largest absolute Gasteiger partial charge is 0.494 e. The quantitative estimate of drug-likeness (QED) is 0.570. The highest BCUT2D eigenvalue weighted by Crippen LogP contribution is 2.22. The minimum atomic E-state index is -0.990. The summed E-state index contributed by atoms with van der Waals surface area (Å²) in [5, 5.41) is 13.2. The Balaban J connectivity index is 1.72. The van der Waals surface area contributed by atoms with Gasteiger partial charge in [0.05, 0.1) is 17.7 Å². The van der Waals surface area contributed by atoms with Gasteiger partial charge in [-0.2, -0.15) is 0 Å². The predicted octanol–water partition coefficient (Wildman–Crippen LogP) is 3.55. The molecule has 164 valence electrons. The average Bonchev–Trinajstić information content (AvgIpc) is 2.68. The summed E-state index contributed by atoms with van der Waals surface area (Å²) in [7, 11) is 0. The molecule has 8 heteroatoms. The van der Waals surface area contributed by atoms with Gasteiger partial charge in [-0.1, -0.05) is 0 Å². The summed E-state index contributed by atoms with van der Waals surface area (Å²) in [6.07, 6.45) is 1.96. The Morgan fingerprint density at radius 3 is 2.63 bits per heavy atom. The molecule has 0 fully saturated rings. The second-order valence-electron chi connectivity index (χ2n) is 7.85. The zero-order valence-corrected chi connectivity index (χ0v) is 18.1. The van der Waals surface area contributed by atoms with E-state index < -0.39 is 11.6 Å². The van der Waals surface area contributed by atoms with Crippen LogP contribution in [0.15, 0.2) is 30.5 Å². The fourth-order valence-electron chi connectivity index (χ4n) is 2.83. The maximum atomic E-state index is 12.1. The lowest BCUT2D eigenvalue weighted by Crippen LogP contribution is -2.40. The summed E-state index contributed by atoms with van der Waals surface area (Å²) in [6, 6.07) is 6.73. The lowest BCUT2D eigenvalue weighted by molar-refractivity contribution is 0.0262. The molecule has 0 unspecified atom stereocenters. The number of hydrogen-bond donors (Lipinski definition) is 2. The number of hydrogen-bond acceptors (Lipinski definition) is 6. The summed E-state index contributed by atoms with van der Waals surface area (Å²) in [6.45, 7) is 10.5. The Morgan fingerprint density at radius 1 is 1.20 bits per heavy atom. The lowest BCUT2D eigenvalue weighted by Gasteiger charge is -2.26. The van der Waals surface area contributed by atoms with E-state index in [-0.39, 0.29) is 11.7 Å². The van der Waals surface area contributed by atoms with Gasteiger partial charge in [-0.25, -0.2) is 9.59 Å². The van der Waals surface area contributed by atoms with Gasteiger partial charge in [0.1, 0.15) is 11.4 Å². The van der Waals surface area contributed by atoms with Crippen molar-refractivity contribution in [2.24, 2.45) is 0 Å². The number of likely N-dealkylation sites (N-methyl/N-ethyl adjacent to an activating group) is 1. The van der Waals surface area contributed by atoms with E-state index in [0.29, 0.717) is 42.9 Å². The number of carboxylic acid groups (broad SMARTS) is 1. The van der Waals surface area contributed by atoms with Crippen LogP contribution in [0, 0.1) is 0 Å². The van der Waals surface area contributed by atoms with E-state index in [0.717, 1.165) is 13.0 Å². The molecule has 0 radical (unpaired) electrons. The molecule has 1 amide bonds. The number of pyridine rings is 1. The van der Waals surface area contributed by atoms with E-state index in [1.807, 2.05) is 27.7 Å². The van der Waals surface area contributed by atoms with Crippen molar-refractivity contribution >= 4 is 23.0 Å². The first-order valence-electron chi connectivity index (χ1n) is 10.1. The van der Waals surface area contributed by atoms with Crippen LogP contribution in [0.1, 0.15) is 44.5 Å². The Labute approximate surface area is 177 Å². The fourth-order valence-corrected chi connectivity index (χ4v) is 2.83. The minimum absolute atomic E-state index is 0.206.